The molecule has 2 unspecified atom stereocenters. The van der Waals surface area contributed by atoms with Crippen LogP contribution in [0.5, 0.6) is 0 Å². The molecule has 16 heavy (non-hydrogen) atoms. The van der Waals surface area contributed by atoms with Gasteiger partial charge in [-0.25, -0.2) is 0 Å². The van der Waals surface area contributed by atoms with Crippen LogP contribution in [0.4, 0.5) is 0 Å². The molecule has 0 aliphatic heterocycles. The third-order valence-electron chi connectivity index (χ3n) is 3.40. The van der Waals surface area contributed by atoms with E-state index in [9.17, 15) is 0 Å². The Hall–Kier alpha value is -0.523. The lowest BCUT2D eigenvalue weighted by atomic mass is 9.77. The van der Waals surface area contributed by atoms with Crippen molar-refractivity contribution in [1.82, 2.24) is 0 Å². The highest BCUT2D eigenvalue weighted by atomic mass is 28.3. The third kappa shape index (κ3) is 4.15. The molecule has 0 aromatic heterocycles. The standard InChI is InChI=1S/C15H26Si/c1-12(2)14-8-7-13(3)15(11-14)9-10-16(4,5)6/h10,13-14H,1,7-8,11H2,2-6H3. The summed E-state index contributed by atoms with van der Waals surface area (Å²) in [5.41, 5.74) is 8.85. The first-order chi connectivity index (χ1) is 7.29. The van der Waals surface area contributed by atoms with Crippen molar-refractivity contribution in [3.8, 4) is 0 Å². The van der Waals surface area contributed by atoms with Crippen LogP contribution < -0.4 is 0 Å². The number of rotatable bonds is 2. The van der Waals surface area contributed by atoms with Crippen LogP contribution in [0.15, 0.2) is 29.2 Å². The Bertz CT molecular complexity index is 324. The summed E-state index contributed by atoms with van der Waals surface area (Å²) in [5, 5.41) is 0. The van der Waals surface area contributed by atoms with Crippen LogP contribution in [-0.2, 0) is 0 Å². The largest absolute Gasteiger partial charge is 0.130 e. The topological polar surface area (TPSA) is 0 Å². The highest BCUT2D eigenvalue weighted by Crippen LogP contribution is 2.35. The van der Waals surface area contributed by atoms with Gasteiger partial charge in [-0.3, -0.25) is 0 Å². The second-order valence-corrected chi connectivity index (χ2v) is 11.4. The maximum absolute atomic E-state index is 4.10. The molecule has 0 aromatic rings. The van der Waals surface area contributed by atoms with E-state index in [0.717, 1.165) is 5.92 Å². The molecular weight excluding hydrogens is 208 g/mol. The highest BCUT2D eigenvalue weighted by molar-refractivity contribution is 6.80. The van der Waals surface area contributed by atoms with Crippen LogP contribution in [0.1, 0.15) is 33.1 Å². The summed E-state index contributed by atoms with van der Waals surface area (Å²) in [4.78, 5) is 0. The predicted molar refractivity (Wildman–Crippen MR) is 76.3 cm³/mol. The molecule has 1 saturated carbocycles. The van der Waals surface area contributed by atoms with Gasteiger partial charge in [-0.2, -0.15) is 0 Å². The van der Waals surface area contributed by atoms with Crippen molar-refractivity contribution in [3.63, 3.8) is 0 Å². The maximum atomic E-state index is 4.10. The summed E-state index contributed by atoms with van der Waals surface area (Å²) in [7, 11) is -1.10. The quantitative estimate of drug-likeness (QED) is 0.360. The summed E-state index contributed by atoms with van der Waals surface area (Å²) < 4.78 is 0. The molecule has 90 valence electrons. The molecule has 0 nitrogen and oxygen atoms in total. The van der Waals surface area contributed by atoms with Crippen LogP contribution in [-0.4, -0.2) is 8.07 Å². The molecule has 2 atom stereocenters. The molecule has 0 amide bonds. The smallest absolute Gasteiger partial charge is 0.0781 e. The molecule has 0 heterocycles. The van der Waals surface area contributed by atoms with Gasteiger partial charge in [0.1, 0.15) is 0 Å². The van der Waals surface area contributed by atoms with E-state index in [1.54, 1.807) is 0 Å². The summed E-state index contributed by atoms with van der Waals surface area (Å²) >= 11 is 0. The fourth-order valence-corrected chi connectivity index (χ4v) is 2.74. The van der Waals surface area contributed by atoms with E-state index in [0.29, 0.717) is 5.92 Å². The molecule has 1 rings (SSSR count). The van der Waals surface area contributed by atoms with Gasteiger partial charge in [-0.05, 0) is 43.6 Å². The fourth-order valence-electron chi connectivity index (χ4n) is 2.13. The average Bonchev–Trinajstić information content (AvgIpc) is 2.14. The molecule has 0 bridgehead atoms. The van der Waals surface area contributed by atoms with Crippen LogP contribution >= 0.6 is 0 Å². The minimum atomic E-state index is -1.10. The summed E-state index contributed by atoms with van der Waals surface area (Å²) in [5.74, 6) is 1.43. The molecule has 1 aliphatic rings. The predicted octanol–water partition coefficient (Wildman–Crippen LogP) is 4.96. The second-order valence-electron chi connectivity index (χ2n) is 6.41. The molecule has 0 aromatic carbocycles. The maximum Gasteiger partial charge on any atom is 0.0781 e. The zero-order chi connectivity index (χ0) is 12.3. The van der Waals surface area contributed by atoms with E-state index in [1.165, 1.54) is 30.4 Å². The Morgan fingerprint density at radius 2 is 2.00 bits per heavy atom. The van der Waals surface area contributed by atoms with Crippen molar-refractivity contribution in [1.29, 1.82) is 0 Å². The molecule has 0 saturated heterocycles. The van der Waals surface area contributed by atoms with Gasteiger partial charge >= 0.3 is 0 Å². The van der Waals surface area contributed by atoms with Gasteiger partial charge in [0.2, 0.25) is 0 Å². The van der Waals surface area contributed by atoms with E-state index < -0.39 is 8.07 Å². The van der Waals surface area contributed by atoms with E-state index in [2.05, 4.69) is 51.5 Å². The van der Waals surface area contributed by atoms with E-state index in [4.69, 9.17) is 0 Å². The Kier molecular flexibility index (Phi) is 4.40. The van der Waals surface area contributed by atoms with Crippen LogP contribution in [0.2, 0.25) is 19.6 Å². The summed E-state index contributed by atoms with van der Waals surface area (Å²) in [6.07, 6.45) is 3.81. The van der Waals surface area contributed by atoms with E-state index in [1.807, 2.05) is 0 Å². The first kappa shape index (κ1) is 13.5. The Labute approximate surface area is 102 Å². The molecule has 0 radical (unpaired) electrons. The van der Waals surface area contributed by atoms with Crippen molar-refractivity contribution in [2.24, 2.45) is 11.8 Å². The fraction of sp³-hybridized carbons (Fsp3) is 0.667. The Morgan fingerprint density at radius 3 is 2.50 bits per heavy atom. The number of allylic oxidation sites excluding steroid dienone is 2. The molecule has 1 aliphatic carbocycles. The van der Waals surface area contributed by atoms with Gasteiger partial charge in [0.25, 0.3) is 0 Å². The number of hydrogen-bond donors (Lipinski definition) is 0. The van der Waals surface area contributed by atoms with Gasteiger partial charge in [0, 0.05) is 0 Å². The molecular formula is C15H26Si. The number of hydrogen-bond acceptors (Lipinski definition) is 0. The van der Waals surface area contributed by atoms with Crippen molar-refractivity contribution in [2.45, 2.75) is 52.8 Å². The average molecular weight is 234 g/mol. The highest BCUT2D eigenvalue weighted by Gasteiger charge is 2.22. The van der Waals surface area contributed by atoms with Crippen LogP contribution in [0.25, 0.3) is 0 Å². The third-order valence-corrected chi connectivity index (χ3v) is 4.41. The molecule has 0 spiro atoms. The van der Waals surface area contributed by atoms with E-state index in [-0.39, 0.29) is 0 Å². The minimum absolute atomic E-state index is 0.703. The second kappa shape index (κ2) is 5.20. The normalized spacial score (nSPS) is 26.2. The van der Waals surface area contributed by atoms with Crippen molar-refractivity contribution in [3.05, 3.63) is 29.2 Å². The Morgan fingerprint density at radius 1 is 1.38 bits per heavy atom. The molecule has 0 N–H and O–H groups in total. The van der Waals surface area contributed by atoms with Gasteiger partial charge in [0.05, 0.1) is 8.07 Å². The summed E-state index contributed by atoms with van der Waals surface area (Å²) in [6.45, 7) is 15.7. The lowest BCUT2D eigenvalue weighted by molar-refractivity contribution is 0.403. The van der Waals surface area contributed by atoms with Crippen LogP contribution in [0, 0.1) is 11.8 Å². The van der Waals surface area contributed by atoms with Crippen molar-refractivity contribution < 1.29 is 0 Å². The lowest BCUT2D eigenvalue weighted by Gasteiger charge is -2.28. The SMILES string of the molecule is C=C(C)C1CCC(C)C(=C=C[Si](C)(C)C)C1. The van der Waals surface area contributed by atoms with Crippen LogP contribution in [0.3, 0.4) is 0 Å². The zero-order valence-electron chi connectivity index (χ0n) is 11.6. The molecule has 1 heteroatoms. The minimum Gasteiger partial charge on any atom is -0.130 e. The monoisotopic (exact) mass is 234 g/mol. The first-order valence-corrected chi connectivity index (χ1v) is 9.99. The summed E-state index contributed by atoms with van der Waals surface area (Å²) in [6, 6.07) is 0. The van der Waals surface area contributed by atoms with Gasteiger partial charge in [0.15, 0.2) is 0 Å². The van der Waals surface area contributed by atoms with Gasteiger partial charge in [-0.1, -0.05) is 44.4 Å². The van der Waals surface area contributed by atoms with Crippen molar-refractivity contribution >= 4 is 8.07 Å². The lowest BCUT2D eigenvalue weighted by Crippen LogP contribution is -2.17. The molecule has 1 fully saturated rings. The van der Waals surface area contributed by atoms with Gasteiger partial charge < -0.3 is 0 Å². The van der Waals surface area contributed by atoms with Crippen molar-refractivity contribution in [2.75, 3.05) is 0 Å². The van der Waals surface area contributed by atoms with E-state index >= 15 is 0 Å². The zero-order valence-corrected chi connectivity index (χ0v) is 12.6. The van der Waals surface area contributed by atoms with Gasteiger partial charge in [-0.15, -0.1) is 5.73 Å². The first-order valence-electron chi connectivity index (χ1n) is 6.41. The Balaban J connectivity index is 2.85.